The Labute approximate surface area is 96.5 Å². The molecule has 0 saturated carbocycles. The first kappa shape index (κ1) is 12.6. The molecule has 0 aromatic heterocycles. The third kappa shape index (κ3) is 3.02. The molecule has 0 aliphatic carbocycles. The summed E-state index contributed by atoms with van der Waals surface area (Å²) < 4.78 is 9.68. The van der Waals surface area contributed by atoms with Gasteiger partial charge in [0.25, 0.3) is 0 Å². The monoisotopic (exact) mass is 225 g/mol. The second kappa shape index (κ2) is 5.05. The third-order valence-corrected chi connectivity index (χ3v) is 2.78. The Bertz CT molecular complexity index is 322. The van der Waals surface area contributed by atoms with Gasteiger partial charge in [-0.3, -0.25) is 0 Å². The van der Waals surface area contributed by atoms with Crippen LogP contribution in [0.5, 0.6) is 0 Å². The Hall–Kier alpha value is -1.45. The van der Waals surface area contributed by atoms with E-state index in [1.807, 2.05) is 19.3 Å². The minimum absolute atomic E-state index is 0.147. The van der Waals surface area contributed by atoms with Crippen molar-refractivity contribution in [3.05, 3.63) is 24.1 Å². The van der Waals surface area contributed by atoms with Crippen LogP contribution in [-0.2, 0) is 14.3 Å². The molecule has 1 unspecified atom stereocenters. The summed E-state index contributed by atoms with van der Waals surface area (Å²) in [7, 11) is 4.85. The summed E-state index contributed by atoms with van der Waals surface area (Å²) in [5.41, 5.74) is -0.147. The molecule has 0 N–H and O–H groups in total. The molecule has 1 aliphatic rings. The van der Waals surface area contributed by atoms with Gasteiger partial charge in [-0.25, -0.2) is 4.79 Å². The van der Waals surface area contributed by atoms with Gasteiger partial charge in [0.05, 0.1) is 14.2 Å². The number of esters is 1. The molecule has 0 amide bonds. The number of hydrogen-bond acceptors (Lipinski definition) is 4. The first-order chi connectivity index (χ1) is 7.50. The van der Waals surface area contributed by atoms with E-state index in [1.54, 1.807) is 0 Å². The SMILES string of the molecule is COC(=O)/C(=C\C1(C)C=CN(C)CC1)OC. The first-order valence-electron chi connectivity index (χ1n) is 5.25. The molecule has 0 spiro atoms. The number of nitrogens with zero attached hydrogens (tertiary/aromatic N) is 1. The zero-order valence-corrected chi connectivity index (χ0v) is 10.3. The van der Waals surface area contributed by atoms with Crippen LogP contribution in [0.4, 0.5) is 0 Å². The van der Waals surface area contributed by atoms with Crippen LogP contribution in [0.1, 0.15) is 13.3 Å². The molecule has 4 nitrogen and oxygen atoms in total. The second-order valence-corrected chi connectivity index (χ2v) is 4.26. The summed E-state index contributed by atoms with van der Waals surface area (Å²) in [6.45, 7) is 3.03. The fourth-order valence-corrected chi connectivity index (χ4v) is 1.59. The van der Waals surface area contributed by atoms with Gasteiger partial charge < -0.3 is 14.4 Å². The van der Waals surface area contributed by atoms with Gasteiger partial charge in [-0.05, 0) is 18.7 Å². The van der Waals surface area contributed by atoms with E-state index in [1.165, 1.54) is 14.2 Å². The van der Waals surface area contributed by atoms with Crippen LogP contribution in [0.3, 0.4) is 0 Å². The maximum absolute atomic E-state index is 11.4. The first-order valence-corrected chi connectivity index (χ1v) is 5.25. The number of carbonyl (C=O) groups excluding carboxylic acids is 1. The molecule has 1 heterocycles. The van der Waals surface area contributed by atoms with E-state index in [0.717, 1.165) is 13.0 Å². The lowest BCUT2D eigenvalue weighted by atomic mass is 9.84. The predicted octanol–water partition coefficient (Wildman–Crippen LogP) is 1.55. The van der Waals surface area contributed by atoms with E-state index in [0.29, 0.717) is 0 Å². The molecule has 1 rings (SSSR count). The van der Waals surface area contributed by atoms with Crippen molar-refractivity contribution in [2.75, 3.05) is 27.8 Å². The molecule has 0 bridgehead atoms. The van der Waals surface area contributed by atoms with E-state index < -0.39 is 5.97 Å². The molecular weight excluding hydrogens is 206 g/mol. The summed E-state index contributed by atoms with van der Waals surface area (Å²) >= 11 is 0. The second-order valence-electron chi connectivity index (χ2n) is 4.26. The van der Waals surface area contributed by atoms with Gasteiger partial charge in [0.2, 0.25) is 5.76 Å². The molecular formula is C12H19NO3. The molecule has 4 heteroatoms. The normalized spacial score (nSPS) is 25.5. The summed E-state index contributed by atoms with van der Waals surface area (Å²) in [4.78, 5) is 13.5. The van der Waals surface area contributed by atoms with Crippen molar-refractivity contribution >= 4 is 5.97 Å². The van der Waals surface area contributed by atoms with Crippen molar-refractivity contribution in [2.24, 2.45) is 5.41 Å². The molecule has 0 fully saturated rings. The quantitative estimate of drug-likeness (QED) is 0.415. The lowest BCUT2D eigenvalue weighted by molar-refractivity contribution is -0.139. The van der Waals surface area contributed by atoms with Crippen LogP contribution in [0.15, 0.2) is 24.1 Å². The van der Waals surface area contributed by atoms with Gasteiger partial charge in [0, 0.05) is 19.0 Å². The highest BCUT2D eigenvalue weighted by Crippen LogP contribution is 2.30. The maximum Gasteiger partial charge on any atom is 0.372 e. The van der Waals surface area contributed by atoms with Crippen LogP contribution < -0.4 is 0 Å². The molecule has 0 aromatic carbocycles. The minimum atomic E-state index is -0.434. The Morgan fingerprint density at radius 3 is 2.56 bits per heavy atom. The number of methoxy groups -OCH3 is 2. The fraction of sp³-hybridized carbons (Fsp3) is 0.583. The number of allylic oxidation sites excluding steroid dienone is 2. The zero-order valence-electron chi connectivity index (χ0n) is 10.3. The van der Waals surface area contributed by atoms with Crippen molar-refractivity contribution < 1.29 is 14.3 Å². The van der Waals surface area contributed by atoms with Crippen molar-refractivity contribution in [3.63, 3.8) is 0 Å². The average Bonchev–Trinajstić information content (AvgIpc) is 2.29. The number of ether oxygens (including phenoxy) is 2. The van der Waals surface area contributed by atoms with Crippen LogP contribution in [0.2, 0.25) is 0 Å². The maximum atomic E-state index is 11.4. The summed E-state index contributed by atoms with van der Waals surface area (Å²) in [5, 5.41) is 0. The van der Waals surface area contributed by atoms with Gasteiger partial charge in [0.15, 0.2) is 0 Å². The number of rotatable bonds is 3. The van der Waals surface area contributed by atoms with Gasteiger partial charge in [-0.1, -0.05) is 13.0 Å². The Morgan fingerprint density at radius 2 is 2.12 bits per heavy atom. The van der Waals surface area contributed by atoms with Crippen LogP contribution in [0, 0.1) is 5.41 Å². The van der Waals surface area contributed by atoms with Crippen LogP contribution in [0.25, 0.3) is 0 Å². The van der Waals surface area contributed by atoms with E-state index in [-0.39, 0.29) is 11.2 Å². The van der Waals surface area contributed by atoms with Crippen LogP contribution >= 0.6 is 0 Å². The number of carbonyl (C=O) groups is 1. The molecule has 0 saturated heterocycles. The lowest BCUT2D eigenvalue weighted by Gasteiger charge is -2.30. The molecule has 1 atom stereocenters. The Kier molecular flexibility index (Phi) is 3.99. The van der Waals surface area contributed by atoms with Crippen molar-refractivity contribution in [3.8, 4) is 0 Å². The van der Waals surface area contributed by atoms with Crippen molar-refractivity contribution in [1.82, 2.24) is 4.90 Å². The number of hydrogen-bond donors (Lipinski definition) is 0. The van der Waals surface area contributed by atoms with E-state index in [4.69, 9.17) is 4.74 Å². The molecule has 90 valence electrons. The summed E-state index contributed by atoms with van der Waals surface area (Å²) in [6, 6.07) is 0. The molecule has 0 radical (unpaired) electrons. The largest absolute Gasteiger partial charge is 0.490 e. The van der Waals surface area contributed by atoms with Crippen molar-refractivity contribution in [2.45, 2.75) is 13.3 Å². The highest BCUT2D eigenvalue weighted by molar-refractivity contribution is 5.86. The molecule has 0 aromatic rings. The fourth-order valence-electron chi connectivity index (χ4n) is 1.59. The Balaban J connectivity index is 2.87. The standard InChI is InChI=1S/C12H19NO3/c1-12(5-7-13(2)8-6-12)9-10(15-3)11(14)16-4/h5,7,9H,6,8H2,1-4H3/b10-9+. The average molecular weight is 225 g/mol. The highest BCUT2D eigenvalue weighted by atomic mass is 16.6. The minimum Gasteiger partial charge on any atom is -0.490 e. The lowest BCUT2D eigenvalue weighted by Crippen LogP contribution is -2.27. The van der Waals surface area contributed by atoms with E-state index in [9.17, 15) is 4.79 Å². The van der Waals surface area contributed by atoms with Gasteiger partial charge in [-0.2, -0.15) is 0 Å². The summed E-state index contributed by atoms with van der Waals surface area (Å²) in [6.07, 6.45) is 6.86. The van der Waals surface area contributed by atoms with E-state index in [2.05, 4.69) is 22.6 Å². The summed E-state index contributed by atoms with van der Waals surface area (Å²) in [5.74, 6) is -0.171. The third-order valence-electron chi connectivity index (χ3n) is 2.78. The molecule has 16 heavy (non-hydrogen) atoms. The van der Waals surface area contributed by atoms with E-state index >= 15 is 0 Å². The Morgan fingerprint density at radius 1 is 1.44 bits per heavy atom. The van der Waals surface area contributed by atoms with Gasteiger partial charge in [-0.15, -0.1) is 0 Å². The van der Waals surface area contributed by atoms with Gasteiger partial charge >= 0.3 is 5.97 Å². The highest BCUT2D eigenvalue weighted by Gasteiger charge is 2.25. The smallest absolute Gasteiger partial charge is 0.372 e. The van der Waals surface area contributed by atoms with Crippen LogP contribution in [-0.4, -0.2) is 38.7 Å². The molecule has 1 aliphatic heterocycles. The zero-order chi connectivity index (χ0) is 12.2. The predicted molar refractivity (Wildman–Crippen MR) is 61.6 cm³/mol. The van der Waals surface area contributed by atoms with Crippen molar-refractivity contribution in [1.29, 1.82) is 0 Å². The van der Waals surface area contributed by atoms with Gasteiger partial charge in [0.1, 0.15) is 0 Å². The topological polar surface area (TPSA) is 38.8 Å².